The first-order chi connectivity index (χ1) is 10.1. The molecule has 0 aromatic heterocycles. The van der Waals surface area contributed by atoms with Crippen LogP contribution in [-0.4, -0.2) is 74.0 Å². The second-order valence-electron chi connectivity index (χ2n) is 5.77. The van der Waals surface area contributed by atoms with Crippen molar-refractivity contribution in [2.24, 2.45) is 0 Å². The van der Waals surface area contributed by atoms with Gasteiger partial charge in [-0.05, 0) is 45.7 Å². The summed E-state index contributed by atoms with van der Waals surface area (Å²) in [4.78, 5) is 18.6. The summed E-state index contributed by atoms with van der Waals surface area (Å²) in [5, 5.41) is 0. The molecule has 1 saturated heterocycles. The van der Waals surface area contributed by atoms with Crippen LogP contribution in [0.1, 0.15) is 16.8 Å². The fourth-order valence-electron chi connectivity index (χ4n) is 2.59. The Morgan fingerprint density at radius 1 is 1.19 bits per heavy atom. The number of halogens is 1. The molecule has 0 radical (unpaired) electrons. The van der Waals surface area contributed by atoms with Crippen LogP contribution in [0.2, 0.25) is 0 Å². The van der Waals surface area contributed by atoms with Crippen LogP contribution in [0.25, 0.3) is 0 Å². The van der Waals surface area contributed by atoms with Crippen LogP contribution in [0.3, 0.4) is 0 Å². The second kappa shape index (κ2) is 7.52. The van der Waals surface area contributed by atoms with E-state index >= 15 is 0 Å². The number of carbonyl (C=O) groups is 1. The number of amides is 1. The van der Waals surface area contributed by atoms with E-state index in [0.29, 0.717) is 13.1 Å². The smallest absolute Gasteiger partial charge is 0.256 e. The van der Waals surface area contributed by atoms with E-state index in [4.69, 9.17) is 0 Å². The number of hydrogen-bond donors (Lipinski definition) is 0. The van der Waals surface area contributed by atoms with Crippen LogP contribution in [-0.2, 0) is 0 Å². The number of rotatable bonds is 5. The normalized spacial score (nSPS) is 16.5. The summed E-state index contributed by atoms with van der Waals surface area (Å²) in [6.45, 7) is 5.22. The highest BCUT2D eigenvalue weighted by molar-refractivity contribution is 5.94. The zero-order valence-corrected chi connectivity index (χ0v) is 12.9. The molecule has 1 amide bonds. The average Bonchev–Trinajstić information content (AvgIpc) is 2.47. The Morgan fingerprint density at radius 2 is 1.86 bits per heavy atom. The van der Waals surface area contributed by atoms with Crippen LogP contribution in [0.4, 0.5) is 4.39 Å². The Balaban J connectivity index is 1.81. The topological polar surface area (TPSA) is 26.8 Å². The first-order valence-corrected chi connectivity index (χ1v) is 7.49. The Morgan fingerprint density at radius 3 is 2.48 bits per heavy atom. The molecule has 1 aliphatic rings. The quantitative estimate of drug-likeness (QED) is 0.824. The van der Waals surface area contributed by atoms with Gasteiger partial charge in [-0.1, -0.05) is 12.1 Å². The van der Waals surface area contributed by atoms with Gasteiger partial charge in [0.1, 0.15) is 5.82 Å². The minimum Gasteiger partial charge on any atom is -0.336 e. The minimum atomic E-state index is -0.434. The fraction of sp³-hybridized carbons (Fsp3) is 0.562. The third kappa shape index (κ3) is 4.51. The van der Waals surface area contributed by atoms with E-state index in [0.717, 1.165) is 32.6 Å². The molecule has 1 fully saturated rings. The van der Waals surface area contributed by atoms with Gasteiger partial charge in [0, 0.05) is 26.2 Å². The first kappa shape index (κ1) is 15.9. The van der Waals surface area contributed by atoms with E-state index in [-0.39, 0.29) is 11.5 Å². The third-order valence-electron chi connectivity index (χ3n) is 3.84. The summed E-state index contributed by atoms with van der Waals surface area (Å²) < 4.78 is 13.7. The van der Waals surface area contributed by atoms with Crippen molar-refractivity contribution in [1.29, 1.82) is 0 Å². The molecule has 4 nitrogen and oxygen atoms in total. The molecule has 0 aliphatic carbocycles. The number of hydrogen-bond acceptors (Lipinski definition) is 3. The van der Waals surface area contributed by atoms with Crippen molar-refractivity contribution in [2.45, 2.75) is 6.42 Å². The Hall–Kier alpha value is -1.46. The van der Waals surface area contributed by atoms with Crippen molar-refractivity contribution in [2.75, 3.05) is 53.4 Å². The van der Waals surface area contributed by atoms with Gasteiger partial charge in [-0.2, -0.15) is 0 Å². The standard InChI is InChI=1S/C16H24FN3O/c1-18(2)8-5-9-19-10-12-20(13-11-19)16(21)14-6-3-4-7-15(14)17/h3-4,6-7H,5,8-13H2,1-2H3. The molecule has 0 spiro atoms. The summed E-state index contributed by atoms with van der Waals surface area (Å²) in [7, 11) is 4.15. The predicted octanol–water partition coefficient (Wildman–Crippen LogP) is 1.54. The van der Waals surface area contributed by atoms with Crippen molar-refractivity contribution in [3.63, 3.8) is 0 Å². The lowest BCUT2D eigenvalue weighted by Gasteiger charge is -2.35. The lowest BCUT2D eigenvalue weighted by atomic mass is 10.1. The molecule has 0 unspecified atom stereocenters. The molecule has 1 aliphatic heterocycles. The number of benzene rings is 1. The number of carbonyl (C=O) groups excluding carboxylic acids is 1. The first-order valence-electron chi connectivity index (χ1n) is 7.49. The minimum absolute atomic E-state index is 0.179. The largest absolute Gasteiger partial charge is 0.336 e. The number of nitrogens with zero attached hydrogens (tertiary/aromatic N) is 3. The molecule has 1 heterocycles. The van der Waals surface area contributed by atoms with Crippen LogP contribution in [0, 0.1) is 5.82 Å². The van der Waals surface area contributed by atoms with E-state index in [1.165, 1.54) is 6.07 Å². The molecular weight excluding hydrogens is 269 g/mol. The van der Waals surface area contributed by atoms with Crippen molar-refractivity contribution in [3.05, 3.63) is 35.6 Å². The monoisotopic (exact) mass is 293 g/mol. The molecule has 21 heavy (non-hydrogen) atoms. The fourth-order valence-corrected chi connectivity index (χ4v) is 2.59. The van der Waals surface area contributed by atoms with Crippen LogP contribution in [0.15, 0.2) is 24.3 Å². The van der Waals surface area contributed by atoms with Gasteiger partial charge < -0.3 is 9.80 Å². The summed E-state index contributed by atoms with van der Waals surface area (Å²) in [5.74, 6) is -0.628. The van der Waals surface area contributed by atoms with Gasteiger partial charge in [-0.3, -0.25) is 9.69 Å². The number of piperazine rings is 1. The Labute approximate surface area is 126 Å². The maximum Gasteiger partial charge on any atom is 0.256 e. The third-order valence-corrected chi connectivity index (χ3v) is 3.84. The van der Waals surface area contributed by atoms with E-state index in [9.17, 15) is 9.18 Å². The van der Waals surface area contributed by atoms with Crippen molar-refractivity contribution >= 4 is 5.91 Å². The average molecular weight is 293 g/mol. The van der Waals surface area contributed by atoms with Crippen LogP contribution >= 0.6 is 0 Å². The molecule has 0 saturated carbocycles. The lowest BCUT2D eigenvalue weighted by Crippen LogP contribution is -2.49. The molecule has 1 aromatic carbocycles. The zero-order valence-electron chi connectivity index (χ0n) is 12.9. The van der Waals surface area contributed by atoms with E-state index in [1.54, 1.807) is 23.1 Å². The summed E-state index contributed by atoms with van der Waals surface area (Å²) in [6.07, 6.45) is 1.13. The van der Waals surface area contributed by atoms with E-state index in [2.05, 4.69) is 23.9 Å². The van der Waals surface area contributed by atoms with Gasteiger partial charge in [-0.15, -0.1) is 0 Å². The predicted molar refractivity (Wildman–Crippen MR) is 81.9 cm³/mol. The van der Waals surface area contributed by atoms with Gasteiger partial charge in [0.05, 0.1) is 5.56 Å². The summed E-state index contributed by atoms with van der Waals surface area (Å²) in [6, 6.07) is 6.20. The highest BCUT2D eigenvalue weighted by atomic mass is 19.1. The molecule has 116 valence electrons. The van der Waals surface area contributed by atoms with Crippen molar-refractivity contribution in [3.8, 4) is 0 Å². The molecule has 0 N–H and O–H groups in total. The van der Waals surface area contributed by atoms with Gasteiger partial charge >= 0.3 is 0 Å². The molecular formula is C16H24FN3O. The molecule has 2 rings (SSSR count). The van der Waals surface area contributed by atoms with Crippen LogP contribution in [0.5, 0.6) is 0 Å². The molecule has 1 aromatic rings. The maximum absolute atomic E-state index is 13.7. The summed E-state index contributed by atoms with van der Waals surface area (Å²) >= 11 is 0. The van der Waals surface area contributed by atoms with Gasteiger partial charge in [0.15, 0.2) is 0 Å². The van der Waals surface area contributed by atoms with Gasteiger partial charge in [0.25, 0.3) is 5.91 Å². The highest BCUT2D eigenvalue weighted by Gasteiger charge is 2.23. The highest BCUT2D eigenvalue weighted by Crippen LogP contribution is 2.12. The van der Waals surface area contributed by atoms with Crippen molar-refractivity contribution in [1.82, 2.24) is 14.7 Å². The van der Waals surface area contributed by atoms with E-state index in [1.807, 2.05) is 0 Å². The van der Waals surface area contributed by atoms with Crippen molar-refractivity contribution < 1.29 is 9.18 Å². The SMILES string of the molecule is CN(C)CCCN1CCN(C(=O)c2ccccc2F)CC1. The molecule has 0 atom stereocenters. The maximum atomic E-state index is 13.7. The Kier molecular flexibility index (Phi) is 5.70. The Bertz CT molecular complexity index is 470. The lowest BCUT2D eigenvalue weighted by molar-refractivity contribution is 0.0629. The summed E-state index contributed by atoms with van der Waals surface area (Å²) in [5.41, 5.74) is 0.179. The zero-order chi connectivity index (χ0) is 15.2. The van der Waals surface area contributed by atoms with E-state index < -0.39 is 5.82 Å². The molecule has 0 bridgehead atoms. The van der Waals surface area contributed by atoms with Crippen LogP contribution < -0.4 is 0 Å². The van der Waals surface area contributed by atoms with Gasteiger partial charge in [0.2, 0.25) is 0 Å². The van der Waals surface area contributed by atoms with Gasteiger partial charge in [-0.25, -0.2) is 4.39 Å². The second-order valence-corrected chi connectivity index (χ2v) is 5.77. The molecule has 5 heteroatoms.